The summed E-state index contributed by atoms with van der Waals surface area (Å²) in [6, 6.07) is -0.621. The molecule has 0 saturated carbocycles. The topological polar surface area (TPSA) is 99.1 Å². The number of unbranched alkanes of at least 4 members (excludes halogenated alkanes) is 11. The molecule has 0 rings (SSSR count). The minimum atomic E-state index is -0.883. The number of aliphatic carboxylic acids is 1. The number of esters is 2. The van der Waals surface area contributed by atoms with Crippen LogP contribution in [-0.2, 0) is 28.6 Å². The summed E-state index contributed by atoms with van der Waals surface area (Å²) in [6.07, 6.45) is 41.2. The van der Waals surface area contributed by atoms with Crippen molar-refractivity contribution in [3.63, 3.8) is 0 Å². The highest BCUT2D eigenvalue weighted by molar-refractivity contribution is 5.72. The van der Waals surface area contributed by atoms with E-state index in [1.54, 1.807) is 0 Å². The Morgan fingerprint density at radius 1 is 0.596 bits per heavy atom. The van der Waals surface area contributed by atoms with Gasteiger partial charge < -0.3 is 23.8 Å². The average molecular weight is 731 g/mol. The quantitative estimate of drug-likeness (QED) is 0.0300. The van der Waals surface area contributed by atoms with E-state index in [2.05, 4.69) is 74.6 Å². The van der Waals surface area contributed by atoms with Crippen molar-refractivity contribution in [2.45, 2.75) is 161 Å². The minimum Gasteiger partial charge on any atom is -0.477 e. The van der Waals surface area contributed by atoms with Crippen molar-refractivity contribution in [2.75, 3.05) is 41.0 Å². The van der Waals surface area contributed by atoms with Gasteiger partial charge in [-0.15, -0.1) is 0 Å². The number of quaternary nitrogens is 1. The van der Waals surface area contributed by atoms with Crippen LogP contribution in [0.4, 0.5) is 0 Å². The zero-order valence-electron chi connectivity index (χ0n) is 33.7. The normalized spacial score (nSPS) is 13.6. The van der Waals surface area contributed by atoms with Crippen LogP contribution in [-0.4, -0.2) is 80.6 Å². The molecule has 8 heteroatoms. The van der Waals surface area contributed by atoms with E-state index in [9.17, 15) is 19.5 Å². The van der Waals surface area contributed by atoms with Gasteiger partial charge in [-0.1, -0.05) is 132 Å². The minimum absolute atomic E-state index is 0.0462. The van der Waals surface area contributed by atoms with Gasteiger partial charge in [0.2, 0.25) is 0 Å². The van der Waals surface area contributed by atoms with E-state index in [0.29, 0.717) is 12.8 Å². The maximum absolute atomic E-state index is 12.7. The lowest BCUT2D eigenvalue weighted by atomic mass is 10.1. The first-order chi connectivity index (χ1) is 25.1. The number of hydrogen-bond acceptors (Lipinski definition) is 6. The highest BCUT2D eigenvalue weighted by Crippen LogP contribution is 2.13. The first kappa shape index (κ1) is 49.0. The van der Waals surface area contributed by atoms with Crippen molar-refractivity contribution in [1.82, 2.24) is 0 Å². The highest BCUT2D eigenvalue weighted by Gasteiger charge is 2.31. The highest BCUT2D eigenvalue weighted by atomic mass is 16.6. The van der Waals surface area contributed by atoms with Crippen LogP contribution in [0.1, 0.15) is 149 Å². The third-order valence-electron chi connectivity index (χ3n) is 8.68. The van der Waals surface area contributed by atoms with Crippen LogP contribution in [0.3, 0.4) is 0 Å². The number of nitrogens with zero attached hydrogens (tertiary/aromatic N) is 1. The monoisotopic (exact) mass is 731 g/mol. The molecule has 8 nitrogen and oxygen atoms in total. The molecule has 0 aliphatic heterocycles. The predicted molar refractivity (Wildman–Crippen MR) is 215 cm³/mol. The summed E-state index contributed by atoms with van der Waals surface area (Å²) in [6.45, 7) is 4.55. The predicted octanol–water partition coefficient (Wildman–Crippen LogP) is 10.6. The van der Waals surface area contributed by atoms with Crippen LogP contribution in [0.25, 0.3) is 0 Å². The van der Waals surface area contributed by atoms with Crippen molar-refractivity contribution in [3.8, 4) is 0 Å². The molecule has 298 valence electrons. The number of allylic oxidation sites excluding steroid dienone is 10. The third-order valence-corrected chi connectivity index (χ3v) is 8.68. The number of ether oxygens (including phenoxy) is 3. The van der Waals surface area contributed by atoms with Crippen LogP contribution in [0.15, 0.2) is 60.8 Å². The molecule has 0 radical (unpaired) electrons. The van der Waals surface area contributed by atoms with Crippen molar-refractivity contribution >= 4 is 17.9 Å². The second-order valence-electron chi connectivity index (χ2n) is 14.5. The lowest BCUT2D eigenvalue weighted by Gasteiger charge is -2.31. The number of carbonyl (C=O) groups is 3. The molecule has 0 bridgehead atoms. The van der Waals surface area contributed by atoms with E-state index in [4.69, 9.17) is 14.2 Å². The fourth-order valence-electron chi connectivity index (χ4n) is 5.53. The van der Waals surface area contributed by atoms with E-state index in [-0.39, 0.29) is 42.7 Å². The Kier molecular flexibility index (Phi) is 33.1. The molecule has 0 aromatic rings. The lowest BCUT2D eigenvalue weighted by Crippen LogP contribution is -2.50. The van der Waals surface area contributed by atoms with Crippen LogP contribution < -0.4 is 0 Å². The van der Waals surface area contributed by atoms with Gasteiger partial charge in [-0.3, -0.25) is 9.59 Å². The molecule has 0 aromatic heterocycles. The molecule has 0 fully saturated rings. The van der Waals surface area contributed by atoms with Gasteiger partial charge in [0.1, 0.15) is 6.61 Å². The second kappa shape index (κ2) is 35.1. The summed E-state index contributed by atoms with van der Waals surface area (Å²) >= 11 is 0. The number of carboxylic acid groups (broad SMARTS) is 1. The summed E-state index contributed by atoms with van der Waals surface area (Å²) in [5, 5.41) is 9.59. The molecule has 2 atom stereocenters. The van der Waals surface area contributed by atoms with Gasteiger partial charge in [0.05, 0.1) is 34.4 Å². The molecule has 1 N–H and O–H groups in total. The lowest BCUT2D eigenvalue weighted by molar-refractivity contribution is -0.887. The number of carboxylic acids is 1. The van der Waals surface area contributed by atoms with E-state index < -0.39 is 18.1 Å². The molecule has 52 heavy (non-hydrogen) atoms. The second-order valence-corrected chi connectivity index (χ2v) is 14.5. The summed E-state index contributed by atoms with van der Waals surface area (Å²) in [5.74, 6) is -1.52. The molecule has 0 saturated heterocycles. The first-order valence-electron chi connectivity index (χ1n) is 20.3. The Morgan fingerprint density at radius 3 is 1.60 bits per heavy atom. The van der Waals surface area contributed by atoms with Gasteiger partial charge in [0.15, 0.2) is 12.1 Å². The summed E-state index contributed by atoms with van der Waals surface area (Å²) in [4.78, 5) is 36.8. The first-order valence-corrected chi connectivity index (χ1v) is 20.3. The molecule has 0 aliphatic rings. The number of likely N-dealkylation sites (N-methyl/N-ethyl adjacent to an activating group) is 1. The maximum Gasteiger partial charge on any atom is 0.362 e. The Morgan fingerprint density at radius 2 is 1.08 bits per heavy atom. The molecule has 0 aromatic carbocycles. The van der Waals surface area contributed by atoms with Crippen molar-refractivity contribution in [3.05, 3.63) is 60.8 Å². The zero-order valence-corrected chi connectivity index (χ0v) is 33.7. The maximum atomic E-state index is 12.7. The zero-order chi connectivity index (χ0) is 38.5. The number of hydrogen-bond donors (Lipinski definition) is 1. The third kappa shape index (κ3) is 32.9. The van der Waals surface area contributed by atoms with Crippen molar-refractivity contribution in [1.29, 1.82) is 0 Å². The summed E-state index contributed by atoms with van der Waals surface area (Å²) in [5.41, 5.74) is 0. The Labute approximate surface area is 318 Å². The van der Waals surface area contributed by atoms with Crippen LogP contribution >= 0.6 is 0 Å². The van der Waals surface area contributed by atoms with Crippen LogP contribution in [0.2, 0.25) is 0 Å². The summed E-state index contributed by atoms with van der Waals surface area (Å²) < 4.78 is 17.2. The Bertz CT molecular complexity index is 1040. The smallest absolute Gasteiger partial charge is 0.362 e. The molecular weight excluding hydrogens is 654 g/mol. The fourth-order valence-corrected chi connectivity index (χ4v) is 5.53. The number of rotatable bonds is 35. The van der Waals surface area contributed by atoms with Gasteiger partial charge in [-0.25, -0.2) is 4.79 Å². The largest absolute Gasteiger partial charge is 0.477 e. The van der Waals surface area contributed by atoms with E-state index >= 15 is 0 Å². The van der Waals surface area contributed by atoms with E-state index in [1.165, 1.54) is 38.5 Å². The SMILES string of the molecule is CC/C=C/C/C=C/C/C=C/C/C=C/C/C=C/CCCCCC(=O)OC(COCCC(C(=O)O)[N+](C)(C)C)COC(=O)CCCCCCCCCCC. The van der Waals surface area contributed by atoms with Gasteiger partial charge in [0.25, 0.3) is 0 Å². The van der Waals surface area contributed by atoms with Gasteiger partial charge in [-0.2, -0.15) is 0 Å². The van der Waals surface area contributed by atoms with Crippen molar-refractivity contribution < 1.29 is 38.2 Å². The standard InChI is InChI=1S/C44H75NO7/c1-6-8-10-12-14-16-17-18-19-20-21-22-23-24-25-27-29-31-33-35-43(47)52-40(38-50-37-36-41(44(48)49)45(3,4)5)39-51-42(46)34-32-30-28-26-15-13-11-9-7-2/h8,10,14,16,18-19,21-22,24-25,40-41H,6-7,9,11-13,15,17,20,23,26-39H2,1-5H3/p+1/b10-8+,16-14+,19-18+,22-21+,25-24+. The Balaban J connectivity index is 4.44. The fraction of sp³-hybridized carbons (Fsp3) is 0.705. The van der Waals surface area contributed by atoms with Crippen LogP contribution in [0, 0.1) is 0 Å². The van der Waals surface area contributed by atoms with Gasteiger partial charge >= 0.3 is 17.9 Å². The van der Waals surface area contributed by atoms with Gasteiger partial charge in [0, 0.05) is 19.3 Å². The molecule has 0 spiro atoms. The van der Waals surface area contributed by atoms with E-state index in [0.717, 1.165) is 77.0 Å². The van der Waals surface area contributed by atoms with Gasteiger partial charge in [-0.05, 0) is 57.8 Å². The number of carbonyl (C=O) groups excluding carboxylic acids is 2. The Hall–Kier alpha value is -2.97. The molecule has 2 unspecified atom stereocenters. The summed E-state index contributed by atoms with van der Waals surface area (Å²) in [7, 11) is 5.50. The van der Waals surface area contributed by atoms with Crippen LogP contribution in [0.5, 0.6) is 0 Å². The van der Waals surface area contributed by atoms with Crippen molar-refractivity contribution in [2.24, 2.45) is 0 Å². The molecule has 0 aliphatic carbocycles. The molecule has 0 amide bonds. The molecular formula is C44H76NO7+. The average Bonchev–Trinajstić information content (AvgIpc) is 3.09. The van der Waals surface area contributed by atoms with E-state index in [1.807, 2.05) is 21.1 Å². The molecule has 0 heterocycles.